The maximum absolute atomic E-state index is 13.8. The van der Waals surface area contributed by atoms with Crippen LogP contribution < -0.4 is 0 Å². The van der Waals surface area contributed by atoms with Crippen LogP contribution in [0.25, 0.3) is 0 Å². The van der Waals surface area contributed by atoms with Gasteiger partial charge in [-0.05, 0) is 26.0 Å². The van der Waals surface area contributed by atoms with E-state index >= 15 is 0 Å². The van der Waals surface area contributed by atoms with Gasteiger partial charge < -0.3 is 10.0 Å². The van der Waals surface area contributed by atoms with Crippen LogP contribution in [0.15, 0.2) is 18.2 Å². The number of β-amino-alcohol motifs (C(OH)–C–C–N with tert-alkyl or cyclic N) is 1. The van der Waals surface area contributed by atoms with Crippen molar-refractivity contribution in [1.82, 2.24) is 9.80 Å². The van der Waals surface area contributed by atoms with Gasteiger partial charge in [0.1, 0.15) is 5.82 Å². The van der Waals surface area contributed by atoms with Crippen LogP contribution >= 0.6 is 11.6 Å². The van der Waals surface area contributed by atoms with Gasteiger partial charge in [0.2, 0.25) is 0 Å². The van der Waals surface area contributed by atoms with Crippen molar-refractivity contribution in [3.05, 3.63) is 34.6 Å². The zero-order valence-electron chi connectivity index (χ0n) is 12.3. The highest BCUT2D eigenvalue weighted by Gasteiger charge is 2.27. The second kappa shape index (κ2) is 6.30. The Kier molecular flexibility index (Phi) is 4.86. The van der Waals surface area contributed by atoms with Gasteiger partial charge in [0.15, 0.2) is 0 Å². The molecule has 1 aromatic rings. The summed E-state index contributed by atoms with van der Waals surface area (Å²) < 4.78 is 13.8. The minimum Gasteiger partial charge on any atom is -0.389 e. The van der Waals surface area contributed by atoms with E-state index in [2.05, 4.69) is 4.90 Å². The van der Waals surface area contributed by atoms with Gasteiger partial charge in [0.05, 0.1) is 16.2 Å². The Morgan fingerprint density at radius 2 is 1.95 bits per heavy atom. The molecule has 0 saturated carbocycles. The van der Waals surface area contributed by atoms with Crippen molar-refractivity contribution in [3.8, 4) is 0 Å². The molecule has 6 heteroatoms. The Labute approximate surface area is 129 Å². The Morgan fingerprint density at radius 1 is 1.33 bits per heavy atom. The zero-order valence-corrected chi connectivity index (χ0v) is 13.0. The number of nitrogens with zero attached hydrogens (tertiary/aromatic N) is 2. The molecule has 4 nitrogen and oxygen atoms in total. The largest absolute Gasteiger partial charge is 0.389 e. The second-order valence-corrected chi connectivity index (χ2v) is 6.38. The summed E-state index contributed by atoms with van der Waals surface area (Å²) in [7, 11) is 0. The van der Waals surface area contributed by atoms with E-state index in [9.17, 15) is 14.3 Å². The number of carbonyl (C=O) groups is 1. The molecule has 0 unspecified atom stereocenters. The summed E-state index contributed by atoms with van der Waals surface area (Å²) >= 11 is 5.93. The number of hydrogen-bond acceptors (Lipinski definition) is 3. The molecule has 1 heterocycles. The van der Waals surface area contributed by atoms with Crippen molar-refractivity contribution in [2.24, 2.45) is 0 Å². The summed E-state index contributed by atoms with van der Waals surface area (Å²) in [6.07, 6.45) is 0. The van der Waals surface area contributed by atoms with Crippen molar-refractivity contribution in [2.45, 2.75) is 19.4 Å². The minimum atomic E-state index is -0.763. The lowest BCUT2D eigenvalue weighted by molar-refractivity contribution is 0.0178. The van der Waals surface area contributed by atoms with Crippen LogP contribution in [0.2, 0.25) is 5.02 Å². The van der Waals surface area contributed by atoms with Crippen molar-refractivity contribution >= 4 is 17.5 Å². The lowest BCUT2D eigenvalue weighted by Gasteiger charge is -2.37. The van der Waals surface area contributed by atoms with Crippen LogP contribution in [-0.4, -0.2) is 59.1 Å². The quantitative estimate of drug-likeness (QED) is 0.928. The molecule has 0 aliphatic carbocycles. The molecule has 0 atom stereocenters. The van der Waals surface area contributed by atoms with E-state index in [1.165, 1.54) is 18.2 Å². The van der Waals surface area contributed by atoms with Gasteiger partial charge in [-0.1, -0.05) is 17.7 Å². The smallest absolute Gasteiger partial charge is 0.258 e. The third-order valence-corrected chi connectivity index (χ3v) is 3.76. The Morgan fingerprint density at radius 3 is 2.48 bits per heavy atom. The van der Waals surface area contributed by atoms with Crippen LogP contribution in [0.3, 0.4) is 0 Å². The Balaban J connectivity index is 2.01. The number of hydrogen-bond donors (Lipinski definition) is 1. The summed E-state index contributed by atoms with van der Waals surface area (Å²) in [4.78, 5) is 16.1. The molecule has 0 spiro atoms. The number of benzene rings is 1. The maximum atomic E-state index is 13.8. The molecule has 1 aromatic carbocycles. The molecule has 1 amide bonds. The standard InChI is InChI=1S/C15H20ClFN2O2/c1-15(2,21)10-18-6-8-19(9-7-18)14(20)13-11(16)4-3-5-12(13)17/h3-5,21H,6-10H2,1-2H3. The predicted octanol–water partition coefficient (Wildman–Crippen LogP) is 2.01. The highest BCUT2D eigenvalue weighted by atomic mass is 35.5. The van der Waals surface area contributed by atoms with Crippen molar-refractivity contribution in [3.63, 3.8) is 0 Å². The SMILES string of the molecule is CC(C)(O)CN1CCN(C(=O)c2c(F)cccc2Cl)CC1. The topological polar surface area (TPSA) is 43.8 Å². The van der Waals surface area contributed by atoms with Gasteiger partial charge in [-0.25, -0.2) is 4.39 Å². The first-order valence-corrected chi connectivity index (χ1v) is 7.34. The van der Waals surface area contributed by atoms with Crippen molar-refractivity contribution in [2.75, 3.05) is 32.7 Å². The zero-order chi connectivity index (χ0) is 15.6. The molecule has 1 fully saturated rings. The van der Waals surface area contributed by atoms with Gasteiger partial charge in [0, 0.05) is 32.7 Å². The fourth-order valence-electron chi connectivity index (χ4n) is 2.52. The lowest BCUT2D eigenvalue weighted by atomic mass is 10.1. The number of aliphatic hydroxyl groups is 1. The Hall–Kier alpha value is -1.17. The van der Waals surface area contributed by atoms with Crippen LogP contribution in [0, 0.1) is 5.82 Å². The molecular formula is C15H20ClFN2O2. The van der Waals surface area contributed by atoms with Gasteiger partial charge in [-0.15, -0.1) is 0 Å². The fraction of sp³-hybridized carbons (Fsp3) is 0.533. The summed E-state index contributed by atoms with van der Waals surface area (Å²) in [5.74, 6) is -0.965. The van der Waals surface area contributed by atoms with E-state index in [1.54, 1.807) is 18.7 Å². The molecule has 2 rings (SSSR count). The third-order valence-electron chi connectivity index (χ3n) is 3.45. The number of halogens is 2. The van der Waals surface area contributed by atoms with E-state index in [1.807, 2.05) is 0 Å². The van der Waals surface area contributed by atoms with E-state index < -0.39 is 11.4 Å². The molecule has 0 bridgehead atoms. The van der Waals surface area contributed by atoms with Gasteiger partial charge in [-0.3, -0.25) is 9.69 Å². The summed E-state index contributed by atoms with van der Waals surface area (Å²) in [5.41, 5.74) is -0.823. The molecule has 1 N–H and O–H groups in total. The monoisotopic (exact) mass is 314 g/mol. The molecular weight excluding hydrogens is 295 g/mol. The molecule has 116 valence electrons. The van der Waals surface area contributed by atoms with E-state index in [0.29, 0.717) is 32.7 Å². The first-order chi connectivity index (χ1) is 9.78. The normalized spacial score (nSPS) is 17.1. The summed E-state index contributed by atoms with van der Waals surface area (Å²) in [6.45, 7) is 6.37. The maximum Gasteiger partial charge on any atom is 0.258 e. The minimum absolute atomic E-state index is 0.0601. The average Bonchev–Trinajstić information content (AvgIpc) is 2.37. The molecule has 21 heavy (non-hydrogen) atoms. The first-order valence-electron chi connectivity index (χ1n) is 6.96. The summed E-state index contributed by atoms with van der Waals surface area (Å²) in [6, 6.07) is 4.24. The van der Waals surface area contributed by atoms with E-state index in [4.69, 9.17) is 11.6 Å². The van der Waals surface area contributed by atoms with Crippen LogP contribution in [0.4, 0.5) is 4.39 Å². The van der Waals surface area contributed by atoms with E-state index in [0.717, 1.165) is 0 Å². The van der Waals surface area contributed by atoms with Crippen LogP contribution in [0.5, 0.6) is 0 Å². The lowest BCUT2D eigenvalue weighted by Crippen LogP contribution is -2.52. The molecule has 0 radical (unpaired) electrons. The third kappa shape index (κ3) is 4.15. The van der Waals surface area contributed by atoms with Crippen molar-refractivity contribution in [1.29, 1.82) is 0 Å². The number of piperazine rings is 1. The Bertz CT molecular complexity index is 503. The molecule has 0 aromatic heterocycles. The highest BCUT2D eigenvalue weighted by molar-refractivity contribution is 6.33. The van der Waals surface area contributed by atoms with Crippen LogP contribution in [-0.2, 0) is 0 Å². The van der Waals surface area contributed by atoms with Gasteiger partial charge in [0.25, 0.3) is 5.91 Å². The van der Waals surface area contributed by atoms with E-state index in [-0.39, 0.29) is 16.5 Å². The number of carbonyl (C=O) groups excluding carboxylic acids is 1. The first kappa shape index (κ1) is 16.2. The van der Waals surface area contributed by atoms with Gasteiger partial charge >= 0.3 is 0 Å². The molecule has 1 aliphatic heterocycles. The predicted molar refractivity (Wildman–Crippen MR) is 80.1 cm³/mol. The second-order valence-electron chi connectivity index (χ2n) is 5.98. The van der Waals surface area contributed by atoms with Gasteiger partial charge in [-0.2, -0.15) is 0 Å². The fourth-order valence-corrected chi connectivity index (χ4v) is 2.76. The number of amides is 1. The highest BCUT2D eigenvalue weighted by Crippen LogP contribution is 2.21. The number of rotatable bonds is 3. The molecule has 1 aliphatic rings. The molecule has 1 saturated heterocycles. The van der Waals surface area contributed by atoms with Crippen molar-refractivity contribution < 1.29 is 14.3 Å². The summed E-state index contributed by atoms with van der Waals surface area (Å²) in [5, 5.41) is 9.94. The average molecular weight is 315 g/mol. The van der Waals surface area contributed by atoms with Crippen LogP contribution in [0.1, 0.15) is 24.2 Å².